The summed E-state index contributed by atoms with van der Waals surface area (Å²) < 4.78 is 34.2. The van der Waals surface area contributed by atoms with Gasteiger partial charge in [0.1, 0.15) is 11.3 Å². The largest absolute Gasteiger partial charge is 0.449 e. The Labute approximate surface area is 159 Å². The Kier molecular flexibility index (Phi) is 7.02. The number of benzene rings is 2. The van der Waals surface area contributed by atoms with Gasteiger partial charge in [0.2, 0.25) is 5.91 Å². The number of halogens is 2. The van der Waals surface area contributed by atoms with Gasteiger partial charge < -0.3 is 20.1 Å². The Balaban J connectivity index is 1.98. The second-order valence-electron chi connectivity index (χ2n) is 5.67. The predicted molar refractivity (Wildman–Crippen MR) is 97.3 cm³/mol. The van der Waals surface area contributed by atoms with Crippen molar-refractivity contribution in [3.05, 3.63) is 54.1 Å². The molecule has 2 aromatic carbocycles. The highest BCUT2D eigenvalue weighted by Gasteiger charge is 2.22. The van der Waals surface area contributed by atoms with Crippen molar-refractivity contribution in [2.75, 3.05) is 10.6 Å². The number of para-hydroxylation sites is 1. The van der Waals surface area contributed by atoms with Crippen molar-refractivity contribution in [1.82, 2.24) is 0 Å². The van der Waals surface area contributed by atoms with Gasteiger partial charge in [0, 0.05) is 18.3 Å². The van der Waals surface area contributed by atoms with Crippen LogP contribution in [0.2, 0.25) is 0 Å². The van der Waals surface area contributed by atoms with Gasteiger partial charge in [0.15, 0.2) is 6.10 Å². The van der Waals surface area contributed by atoms with Crippen molar-refractivity contribution in [3.8, 4) is 5.75 Å². The highest BCUT2D eigenvalue weighted by atomic mass is 19.3. The second kappa shape index (κ2) is 9.45. The van der Waals surface area contributed by atoms with E-state index in [4.69, 9.17) is 4.74 Å². The summed E-state index contributed by atoms with van der Waals surface area (Å²) in [6, 6.07) is 11.6. The average molecular weight is 392 g/mol. The molecular weight excluding hydrogens is 374 g/mol. The molecule has 0 aliphatic heterocycles. The van der Waals surface area contributed by atoms with Gasteiger partial charge in [0.25, 0.3) is 5.91 Å². The van der Waals surface area contributed by atoms with Crippen molar-refractivity contribution in [1.29, 1.82) is 0 Å². The van der Waals surface area contributed by atoms with Crippen LogP contribution in [0.3, 0.4) is 0 Å². The number of amides is 2. The predicted octanol–water partition coefficient (Wildman–Crippen LogP) is 3.43. The van der Waals surface area contributed by atoms with Crippen LogP contribution < -0.4 is 15.4 Å². The Morgan fingerprint density at radius 1 is 0.929 bits per heavy atom. The molecule has 1 unspecified atom stereocenters. The van der Waals surface area contributed by atoms with Gasteiger partial charge in [-0.25, -0.2) is 4.79 Å². The Morgan fingerprint density at radius 3 is 2.07 bits per heavy atom. The maximum Gasteiger partial charge on any atom is 0.387 e. The zero-order chi connectivity index (χ0) is 20.7. The number of hydrogen-bond acceptors (Lipinski definition) is 5. The lowest BCUT2D eigenvalue weighted by atomic mass is 10.2. The molecule has 2 amide bonds. The molecule has 0 spiro atoms. The highest BCUT2D eigenvalue weighted by molar-refractivity contribution is 5.98. The van der Waals surface area contributed by atoms with Crippen molar-refractivity contribution in [2.24, 2.45) is 0 Å². The van der Waals surface area contributed by atoms with Gasteiger partial charge in [0.05, 0.1) is 0 Å². The van der Waals surface area contributed by atoms with E-state index >= 15 is 0 Å². The lowest BCUT2D eigenvalue weighted by molar-refractivity contribution is -0.123. The molecule has 9 heteroatoms. The third-order valence-corrected chi connectivity index (χ3v) is 3.45. The van der Waals surface area contributed by atoms with Crippen LogP contribution in [0.1, 0.15) is 24.2 Å². The smallest absolute Gasteiger partial charge is 0.387 e. The first kappa shape index (κ1) is 20.8. The number of hydrogen-bond donors (Lipinski definition) is 2. The molecule has 0 saturated carbocycles. The zero-order valence-electron chi connectivity index (χ0n) is 15.1. The first-order valence-electron chi connectivity index (χ1n) is 8.19. The van der Waals surface area contributed by atoms with Crippen molar-refractivity contribution in [3.63, 3.8) is 0 Å². The molecule has 28 heavy (non-hydrogen) atoms. The number of ether oxygens (including phenoxy) is 2. The fraction of sp³-hybridized carbons (Fsp3) is 0.211. The van der Waals surface area contributed by atoms with Crippen LogP contribution in [0, 0.1) is 0 Å². The molecule has 2 N–H and O–H groups in total. The molecule has 0 aliphatic rings. The second-order valence-corrected chi connectivity index (χ2v) is 5.67. The molecule has 0 aliphatic carbocycles. The number of carbonyl (C=O) groups is 3. The molecule has 0 bridgehead atoms. The van der Waals surface area contributed by atoms with Gasteiger partial charge in [-0.3, -0.25) is 9.59 Å². The Bertz CT molecular complexity index is 856. The summed E-state index contributed by atoms with van der Waals surface area (Å²) in [6.45, 7) is -0.388. The summed E-state index contributed by atoms with van der Waals surface area (Å²) in [6.07, 6.45) is -1.19. The van der Waals surface area contributed by atoms with Gasteiger partial charge in [-0.1, -0.05) is 12.1 Å². The Hall–Kier alpha value is -3.49. The third kappa shape index (κ3) is 6.04. The van der Waals surface area contributed by atoms with Gasteiger partial charge in [-0.2, -0.15) is 8.78 Å². The summed E-state index contributed by atoms with van der Waals surface area (Å²) in [7, 11) is 0. The molecule has 2 aromatic rings. The molecule has 1 atom stereocenters. The molecule has 2 rings (SSSR count). The maximum absolute atomic E-state index is 12.4. The van der Waals surface area contributed by atoms with Crippen molar-refractivity contribution < 1.29 is 32.6 Å². The van der Waals surface area contributed by atoms with Crippen LogP contribution in [0.5, 0.6) is 5.75 Å². The van der Waals surface area contributed by atoms with Crippen LogP contribution in [-0.2, 0) is 14.3 Å². The van der Waals surface area contributed by atoms with E-state index in [0.717, 1.165) is 0 Å². The summed E-state index contributed by atoms with van der Waals surface area (Å²) in [4.78, 5) is 35.4. The minimum Gasteiger partial charge on any atom is -0.449 e. The lowest BCUT2D eigenvalue weighted by Crippen LogP contribution is -2.30. The molecule has 7 nitrogen and oxygen atoms in total. The van der Waals surface area contributed by atoms with Gasteiger partial charge >= 0.3 is 12.6 Å². The molecule has 0 heterocycles. The summed E-state index contributed by atoms with van der Waals surface area (Å²) >= 11 is 0. The monoisotopic (exact) mass is 392 g/mol. The van der Waals surface area contributed by atoms with Crippen molar-refractivity contribution >= 4 is 29.2 Å². The average Bonchev–Trinajstić information content (AvgIpc) is 2.62. The molecule has 0 fully saturated rings. The molecule has 148 valence electrons. The van der Waals surface area contributed by atoms with E-state index in [2.05, 4.69) is 15.4 Å². The van der Waals surface area contributed by atoms with Crippen LogP contribution in [0.25, 0.3) is 0 Å². The SMILES string of the molecule is CC(=O)Nc1ccc(NC(=O)C(C)OC(=O)c2ccccc2OC(F)F)cc1. The van der Waals surface area contributed by atoms with Crippen LogP contribution in [0.4, 0.5) is 20.2 Å². The fourth-order valence-corrected chi connectivity index (χ4v) is 2.20. The van der Waals surface area contributed by atoms with Gasteiger partial charge in [-0.05, 0) is 43.3 Å². The van der Waals surface area contributed by atoms with Crippen LogP contribution >= 0.6 is 0 Å². The topological polar surface area (TPSA) is 93.7 Å². The van der Waals surface area contributed by atoms with Crippen molar-refractivity contribution in [2.45, 2.75) is 26.6 Å². The van der Waals surface area contributed by atoms with Crippen LogP contribution in [-0.4, -0.2) is 30.5 Å². The summed E-state index contributed by atoms with van der Waals surface area (Å²) in [5.74, 6) is -2.16. The maximum atomic E-state index is 12.4. The number of nitrogens with one attached hydrogen (secondary N) is 2. The van der Waals surface area contributed by atoms with E-state index in [9.17, 15) is 23.2 Å². The van der Waals surface area contributed by atoms with E-state index in [-0.39, 0.29) is 17.2 Å². The van der Waals surface area contributed by atoms with E-state index < -0.39 is 24.6 Å². The minimum atomic E-state index is -3.10. The van der Waals surface area contributed by atoms with E-state index in [0.29, 0.717) is 11.4 Å². The fourth-order valence-electron chi connectivity index (χ4n) is 2.20. The summed E-state index contributed by atoms with van der Waals surface area (Å²) in [5.41, 5.74) is 0.756. The quantitative estimate of drug-likeness (QED) is 0.704. The number of alkyl halides is 2. The normalized spacial score (nSPS) is 11.5. The molecule has 0 saturated heterocycles. The lowest BCUT2D eigenvalue weighted by Gasteiger charge is -2.15. The highest BCUT2D eigenvalue weighted by Crippen LogP contribution is 2.22. The third-order valence-electron chi connectivity index (χ3n) is 3.45. The standard InChI is InChI=1S/C19H18F2N2O5/c1-11(17(25)23-14-9-7-13(8-10-14)22-12(2)24)27-18(26)15-5-3-4-6-16(15)28-19(20)21/h3-11,19H,1-2H3,(H,22,24)(H,23,25). The zero-order valence-corrected chi connectivity index (χ0v) is 15.1. The molecular formula is C19H18F2N2O5. The van der Waals surface area contributed by atoms with E-state index in [1.807, 2.05) is 0 Å². The van der Waals surface area contributed by atoms with E-state index in [1.165, 1.54) is 38.1 Å². The van der Waals surface area contributed by atoms with Crippen LogP contribution in [0.15, 0.2) is 48.5 Å². The number of anilines is 2. The first-order chi connectivity index (χ1) is 13.3. The minimum absolute atomic E-state index is 0.220. The van der Waals surface area contributed by atoms with E-state index in [1.54, 1.807) is 24.3 Å². The molecule has 0 aromatic heterocycles. The number of esters is 1. The van der Waals surface area contributed by atoms with Gasteiger partial charge in [-0.15, -0.1) is 0 Å². The number of rotatable bonds is 7. The number of carbonyl (C=O) groups excluding carboxylic acids is 3. The Morgan fingerprint density at radius 2 is 1.50 bits per heavy atom. The first-order valence-corrected chi connectivity index (χ1v) is 8.19. The molecule has 0 radical (unpaired) electrons. The summed E-state index contributed by atoms with van der Waals surface area (Å²) in [5, 5.41) is 5.13.